The number of nitrogens with zero attached hydrogens (tertiary/aromatic N) is 2. The summed E-state index contributed by atoms with van der Waals surface area (Å²) >= 11 is 8.05. The maximum atomic E-state index is 5.90. The first-order chi connectivity index (χ1) is 8.60. The second-order valence-corrected chi connectivity index (χ2v) is 5.46. The highest BCUT2D eigenvalue weighted by Crippen LogP contribution is 2.18. The third-order valence-electron chi connectivity index (χ3n) is 2.60. The lowest BCUT2D eigenvalue weighted by Gasteiger charge is -2.07. The first kappa shape index (κ1) is 13.5. The van der Waals surface area contributed by atoms with Crippen LogP contribution in [0.4, 0.5) is 5.82 Å². The van der Waals surface area contributed by atoms with Crippen LogP contribution in [0.15, 0.2) is 24.3 Å². The minimum Gasteiger partial charge on any atom is -0.383 e. The van der Waals surface area contributed by atoms with Crippen molar-refractivity contribution in [2.75, 3.05) is 5.73 Å². The molecule has 1 heterocycles. The van der Waals surface area contributed by atoms with Crippen LogP contribution in [-0.4, -0.2) is 9.97 Å². The topological polar surface area (TPSA) is 51.8 Å². The molecule has 0 aliphatic rings. The molecule has 1 aromatic heterocycles. The van der Waals surface area contributed by atoms with Crippen LogP contribution in [0.25, 0.3) is 0 Å². The zero-order valence-corrected chi connectivity index (χ0v) is 12.9. The van der Waals surface area contributed by atoms with Gasteiger partial charge in [-0.25, -0.2) is 9.97 Å². The molecule has 0 fully saturated rings. The normalized spacial score (nSPS) is 10.6. The molecule has 0 aliphatic heterocycles. The maximum Gasteiger partial charge on any atom is 0.140 e. The number of hydrogen-bond donors (Lipinski definition) is 1. The molecule has 0 saturated carbocycles. The van der Waals surface area contributed by atoms with Gasteiger partial charge in [0.2, 0.25) is 0 Å². The molecule has 3 nitrogen and oxygen atoms in total. The summed E-state index contributed by atoms with van der Waals surface area (Å²) in [6.45, 7) is 2.07. The van der Waals surface area contributed by atoms with Crippen molar-refractivity contribution >= 4 is 40.0 Å². The fourth-order valence-electron chi connectivity index (χ4n) is 1.66. The molecule has 94 valence electrons. The van der Waals surface area contributed by atoms with Gasteiger partial charge in [-0.1, -0.05) is 30.7 Å². The summed E-state index contributed by atoms with van der Waals surface area (Å²) in [6.07, 6.45) is 1.53. The summed E-state index contributed by atoms with van der Waals surface area (Å²) in [4.78, 5) is 8.86. The highest BCUT2D eigenvalue weighted by molar-refractivity contribution is 14.1. The van der Waals surface area contributed by atoms with Gasteiger partial charge in [0.25, 0.3) is 0 Å². The van der Waals surface area contributed by atoms with E-state index >= 15 is 0 Å². The second-order valence-electron chi connectivity index (χ2n) is 3.94. The van der Waals surface area contributed by atoms with Crippen molar-refractivity contribution < 1.29 is 0 Å². The molecular formula is C13H13ClIN3. The van der Waals surface area contributed by atoms with Crippen molar-refractivity contribution in [2.24, 2.45) is 0 Å². The van der Waals surface area contributed by atoms with E-state index in [4.69, 9.17) is 17.3 Å². The van der Waals surface area contributed by atoms with Gasteiger partial charge in [0, 0.05) is 11.4 Å². The number of anilines is 1. The minimum atomic E-state index is 0.561. The van der Waals surface area contributed by atoms with Gasteiger partial charge in [0.05, 0.1) is 9.26 Å². The Morgan fingerprint density at radius 2 is 1.89 bits per heavy atom. The van der Waals surface area contributed by atoms with Crippen LogP contribution in [-0.2, 0) is 12.8 Å². The summed E-state index contributed by atoms with van der Waals surface area (Å²) in [5.74, 6) is 1.32. The Balaban J connectivity index is 2.29. The Bertz CT molecular complexity index is 555. The van der Waals surface area contributed by atoms with Gasteiger partial charge in [0.1, 0.15) is 11.6 Å². The Labute approximate surface area is 125 Å². The van der Waals surface area contributed by atoms with Crippen LogP contribution in [0.3, 0.4) is 0 Å². The number of hydrogen-bond acceptors (Lipinski definition) is 3. The summed E-state index contributed by atoms with van der Waals surface area (Å²) in [5.41, 5.74) is 8.03. The summed E-state index contributed by atoms with van der Waals surface area (Å²) < 4.78 is 0.954. The van der Waals surface area contributed by atoms with Crippen molar-refractivity contribution in [1.29, 1.82) is 0 Å². The smallest absolute Gasteiger partial charge is 0.140 e. The molecule has 0 atom stereocenters. The van der Waals surface area contributed by atoms with E-state index < -0.39 is 0 Å². The molecule has 2 aromatic rings. The molecular weight excluding hydrogens is 361 g/mol. The molecule has 0 bridgehead atoms. The van der Waals surface area contributed by atoms with E-state index in [1.807, 2.05) is 24.3 Å². The average Bonchev–Trinajstić information content (AvgIpc) is 2.36. The van der Waals surface area contributed by atoms with Crippen LogP contribution in [0.5, 0.6) is 0 Å². The minimum absolute atomic E-state index is 0.561. The van der Waals surface area contributed by atoms with E-state index in [0.717, 1.165) is 32.1 Å². The summed E-state index contributed by atoms with van der Waals surface area (Å²) in [5, 5.41) is 0.732. The van der Waals surface area contributed by atoms with Crippen LogP contribution in [0.1, 0.15) is 24.0 Å². The monoisotopic (exact) mass is 373 g/mol. The zero-order chi connectivity index (χ0) is 13.1. The fourth-order valence-corrected chi connectivity index (χ4v) is 2.41. The number of halogens is 2. The van der Waals surface area contributed by atoms with Crippen LogP contribution in [0, 0.1) is 3.57 Å². The molecule has 0 saturated heterocycles. The van der Waals surface area contributed by atoms with E-state index in [1.165, 1.54) is 0 Å². The van der Waals surface area contributed by atoms with E-state index in [1.54, 1.807) is 0 Å². The molecule has 0 radical (unpaired) electrons. The number of nitrogen functional groups attached to an aromatic ring is 1. The highest BCUT2D eigenvalue weighted by atomic mass is 127. The standard InChI is InChI=1S/C13H13ClIN3/c1-2-10-12(15)13(16)18-11(17-10)7-8-3-5-9(14)6-4-8/h3-6H,2,7H2,1H3,(H2,16,17,18). The fraction of sp³-hybridized carbons (Fsp3) is 0.231. The number of aromatic nitrogens is 2. The van der Waals surface area contributed by atoms with Crippen molar-refractivity contribution in [3.63, 3.8) is 0 Å². The summed E-state index contributed by atoms with van der Waals surface area (Å²) in [6, 6.07) is 7.69. The van der Waals surface area contributed by atoms with Gasteiger partial charge in [-0.2, -0.15) is 0 Å². The van der Waals surface area contributed by atoms with Crippen molar-refractivity contribution in [1.82, 2.24) is 9.97 Å². The number of aryl methyl sites for hydroxylation is 1. The molecule has 1 aromatic carbocycles. The predicted octanol–water partition coefficient (Wildman–Crippen LogP) is 3.47. The molecule has 5 heteroatoms. The molecule has 18 heavy (non-hydrogen) atoms. The Morgan fingerprint density at radius 1 is 1.22 bits per heavy atom. The largest absolute Gasteiger partial charge is 0.383 e. The van der Waals surface area contributed by atoms with E-state index in [-0.39, 0.29) is 0 Å². The molecule has 2 N–H and O–H groups in total. The Morgan fingerprint density at radius 3 is 2.50 bits per heavy atom. The van der Waals surface area contributed by atoms with E-state index in [0.29, 0.717) is 12.2 Å². The maximum absolute atomic E-state index is 5.90. The molecule has 2 rings (SSSR count). The SMILES string of the molecule is CCc1nc(Cc2ccc(Cl)cc2)nc(N)c1I. The Hall–Kier alpha value is -0.880. The molecule has 0 spiro atoms. The van der Waals surface area contributed by atoms with Crippen LogP contribution < -0.4 is 5.73 Å². The van der Waals surface area contributed by atoms with Crippen molar-refractivity contribution in [3.05, 3.63) is 49.9 Å². The average molecular weight is 374 g/mol. The third kappa shape index (κ3) is 3.11. The number of rotatable bonds is 3. The van der Waals surface area contributed by atoms with Gasteiger partial charge in [-0.15, -0.1) is 0 Å². The summed E-state index contributed by atoms with van der Waals surface area (Å²) in [7, 11) is 0. The first-order valence-corrected chi connectivity index (χ1v) is 7.11. The lowest BCUT2D eigenvalue weighted by atomic mass is 10.1. The van der Waals surface area contributed by atoms with Crippen molar-refractivity contribution in [2.45, 2.75) is 19.8 Å². The Kier molecular flexibility index (Phi) is 4.40. The van der Waals surface area contributed by atoms with Gasteiger partial charge >= 0.3 is 0 Å². The molecule has 0 amide bonds. The van der Waals surface area contributed by atoms with Crippen LogP contribution in [0.2, 0.25) is 5.02 Å². The van der Waals surface area contributed by atoms with Gasteiger partial charge < -0.3 is 5.73 Å². The van der Waals surface area contributed by atoms with Crippen LogP contribution >= 0.6 is 34.2 Å². The lowest BCUT2D eigenvalue weighted by molar-refractivity contribution is 0.901. The second kappa shape index (κ2) is 5.84. The van der Waals surface area contributed by atoms with Gasteiger partial charge in [0.15, 0.2) is 0 Å². The lowest BCUT2D eigenvalue weighted by Crippen LogP contribution is -2.07. The van der Waals surface area contributed by atoms with Gasteiger partial charge in [-0.05, 0) is 46.7 Å². The van der Waals surface area contributed by atoms with Gasteiger partial charge in [-0.3, -0.25) is 0 Å². The quantitative estimate of drug-likeness (QED) is 0.838. The third-order valence-corrected chi connectivity index (χ3v) is 4.03. The molecule has 0 aliphatic carbocycles. The molecule has 0 unspecified atom stereocenters. The first-order valence-electron chi connectivity index (χ1n) is 5.65. The highest BCUT2D eigenvalue weighted by Gasteiger charge is 2.09. The number of benzene rings is 1. The van der Waals surface area contributed by atoms with E-state index in [9.17, 15) is 0 Å². The predicted molar refractivity (Wildman–Crippen MR) is 82.8 cm³/mol. The van der Waals surface area contributed by atoms with Crippen molar-refractivity contribution in [3.8, 4) is 0 Å². The van der Waals surface area contributed by atoms with E-state index in [2.05, 4.69) is 39.5 Å². The zero-order valence-electron chi connectivity index (χ0n) is 9.95. The number of nitrogens with two attached hydrogens (primary N) is 1.